The van der Waals surface area contributed by atoms with Crippen LogP contribution in [0.2, 0.25) is 0 Å². The zero-order valence-electron chi connectivity index (χ0n) is 25.0. The van der Waals surface area contributed by atoms with Crippen LogP contribution in [-0.4, -0.2) is 87.1 Å². The van der Waals surface area contributed by atoms with E-state index in [1.807, 2.05) is 6.92 Å². The van der Waals surface area contributed by atoms with Gasteiger partial charge in [0.1, 0.15) is 30.7 Å². The fraction of sp³-hybridized carbons (Fsp3) is 0.875. The van der Waals surface area contributed by atoms with Crippen LogP contribution < -0.4 is 0 Å². The highest BCUT2D eigenvalue weighted by atomic mass is 16.7. The molecule has 1 saturated heterocycles. The molecule has 2 spiro atoms. The van der Waals surface area contributed by atoms with Gasteiger partial charge in [-0.1, -0.05) is 46.3 Å². The maximum absolute atomic E-state index is 13.7. The Bertz CT molecular complexity index is 1150. The minimum atomic E-state index is -1.34. The Morgan fingerprint density at radius 1 is 1.15 bits per heavy atom. The SMILES string of the molecule is C[C@H](CC(=O)CO)[C@H]1C(=O)C[C@@]2(C)C3=CC[C@H]4C(C)(C)C(O[C@@H]5OC[C@@H](O)[C@H](O)[C@H]5O)CC[C@@]45C[C@@]35C(O)C[C@]12C. The van der Waals surface area contributed by atoms with Crippen LogP contribution in [0.25, 0.3) is 0 Å². The van der Waals surface area contributed by atoms with Crippen LogP contribution in [0, 0.1) is 44.8 Å². The Labute approximate surface area is 242 Å². The number of ketones is 2. The number of allylic oxidation sites excluding steroid dienone is 1. The second-order valence-corrected chi connectivity index (χ2v) is 15.4. The summed E-state index contributed by atoms with van der Waals surface area (Å²) in [5.74, 6) is -0.436. The number of rotatable bonds is 6. The second-order valence-electron chi connectivity index (χ2n) is 15.4. The molecule has 2 unspecified atom stereocenters. The number of carbonyl (C=O) groups excluding carboxylic acids is 2. The molecule has 0 amide bonds. The molecule has 1 heterocycles. The van der Waals surface area contributed by atoms with Gasteiger partial charge < -0.3 is 35.0 Å². The van der Waals surface area contributed by atoms with Gasteiger partial charge in [0.15, 0.2) is 12.1 Å². The van der Waals surface area contributed by atoms with Crippen molar-refractivity contribution in [2.24, 2.45) is 44.8 Å². The van der Waals surface area contributed by atoms with E-state index >= 15 is 0 Å². The van der Waals surface area contributed by atoms with Crippen molar-refractivity contribution in [3.63, 3.8) is 0 Å². The molecule has 0 aromatic carbocycles. The molecule has 6 rings (SSSR count). The van der Waals surface area contributed by atoms with E-state index in [9.17, 15) is 35.1 Å². The van der Waals surface area contributed by atoms with Crippen molar-refractivity contribution in [1.29, 1.82) is 0 Å². The predicted molar refractivity (Wildman–Crippen MR) is 147 cm³/mol. The van der Waals surface area contributed by atoms with Gasteiger partial charge in [-0.25, -0.2) is 0 Å². The van der Waals surface area contributed by atoms with Crippen molar-refractivity contribution in [3.05, 3.63) is 11.6 Å². The minimum Gasteiger partial charge on any atom is -0.392 e. The van der Waals surface area contributed by atoms with Gasteiger partial charge in [0.05, 0.1) is 18.8 Å². The predicted octanol–water partition coefficient (Wildman–Crippen LogP) is 1.91. The summed E-state index contributed by atoms with van der Waals surface area (Å²) in [7, 11) is 0. The third kappa shape index (κ3) is 3.72. The van der Waals surface area contributed by atoms with E-state index in [1.54, 1.807) is 0 Å². The number of hydrogen-bond acceptors (Lipinski definition) is 9. The molecular weight excluding hydrogens is 528 g/mol. The zero-order chi connectivity index (χ0) is 29.9. The van der Waals surface area contributed by atoms with Gasteiger partial charge in [-0.2, -0.15) is 0 Å². The molecular formula is C32H48O9. The van der Waals surface area contributed by atoms with E-state index in [4.69, 9.17) is 9.47 Å². The van der Waals surface area contributed by atoms with Crippen LogP contribution in [0.4, 0.5) is 0 Å². The standard InChI is InChI=1S/C32H48O9/c1-16(10-17(34)13-33)24-18(35)11-29(4)21-7-6-20-28(2,3)23(41-27-26(39)25(38)19(36)14-40-27)8-9-31(20)15-32(21,31)22(37)12-30(24,29)5/h7,16,19-20,22-27,33,36-39H,6,8-15H2,1-5H3/t16-,19-,20+,22?,23?,24+,25+,26-,27+,29+,30-,31-,32+/m1/s1. The van der Waals surface area contributed by atoms with Gasteiger partial charge >= 0.3 is 0 Å². The van der Waals surface area contributed by atoms with Gasteiger partial charge in [0.2, 0.25) is 0 Å². The summed E-state index contributed by atoms with van der Waals surface area (Å²) in [4.78, 5) is 25.8. The molecule has 6 aliphatic rings. The molecule has 41 heavy (non-hydrogen) atoms. The molecule has 13 atom stereocenters. The van der Waals surface area contributed by atoms with Crippen LogP contribution in [0.5, 0.6) is 0 Å². The summed E-state index contributed by atoms with van der Waals surface area (Å²) >= 11 is 0. The van der Waals surface area contributed by atoms with Gasteiger partial charge in [0, 0.05) is 29.6 Å². The maximum Gasteiger partial charge on any atom is 0.186 e. The maximum atomic E-state index is 13.7. The normalized spacial score (nSPS) is 52.4. The lowest BCUT2D eigenvalue weighted by atomic mass is 9.44. The van der Waals surface area contributed by atoms with Crippen molar-refractivity contribution in [2.75, 3.05) is 13.2 Å². The summed E-state index contributed by atoms with van der Waals surface area (Å²) in [6.07, 6.45) is 0.960. The number of aliphatic hydroxyl groups excluding tert-OH is 5. The Morgan fingerprint density at radius 2 is 1.85 bits per heavy atom. The van der Waals surface area contributed by atoms with Crippen molar-refractivity contribution in [2.45, 2.75) is 116 Å². The average Bonchev–Trinajstić information content (AvgIpc) is 3.53. The quantitative estimate of drug-likeness (QED) is 0.298. The first-order chi connectivity index (χ1) is 19.1. The summed E-state index contributed by atoms with van der Waals surface area (Å²) in [6, 6.07) is 0. The number of Topliss-reactive ketones (excluding diaryl/α,β-unsaturated/α-hetero) is 2. The topological polar surface area (TPSA) is 154 Å². The highest BCUT2D eigenvalue weighted by molar-refractivity contribution is 5.88. The van der Waals surface area contributed by atoms with Crippen LogP contribution in [0.1, 0.15) is 79.6 Å². The third-order valence-electron chi connectivity index (χ3n) is 13.3. The fourth-order valence-corrected chi connectivity index (χ4v) is 11.2. The average molecular weight is 577 g/mol. The Kier molecular flexibility index (Phi) is 6.84. The largest absolute Gasteiger partial charge is 0.392 e. The number of hydrogen-bond donors (Lipinski definition) is 5. The fourth-order valence-electron chi connectivity index (χ4n) is 11.2. The molecule has 5 N–H and O–H groups in total. The van der Waals surface area contributed by atoms with E-state index in [2.05, 4.69) is 33.8 Å². The summed E-state index contributed by atoms with van der Waals surface area (Å²) in [6.45, 7) is 10.0. The van der Waals surface area contributed by atoms with Gasteiger partial charge in [-0.15, -0.1) is 0 Å². The number of aliphatic hydroxyl groups is 5. The van der Waals surface area contributed by atoms with Crippen LogP contribution in [0.15, 0.2) is 11.6 Å². The molecule has 5 fully saturated rings. The summed E-state index contributed by atoms with van der Waals surface area (Å²) in [5, 5.41) is 51.9. The van der Waals surface area contributed by atoms with Crippen LogP contribution in [0.3, 0.4) is 0 Å². The number of ether oxygens (including phenoxy) is 2. The Morgan fingerprint density at radius 3 is 2.54 bits per heavy atom. The number of carbonyl (C=O) groups is 2. The van der Waals surface area contributed by atoms with Crippen molar-refractivity contribution < 1.29 is 44.6 Å². The van der Waals surface area contributed by atoms with Crippen LogP contribution >= 0.6 is 0 Å². The lowest BCUT2D eigenvalue weighted by Gasteiger charge is -2.61. The first kappa shape index (κ1) is 29.9. The molecule has 1 aliphatic heterocycles. The molecule has 9 nitrogen and oxygen atoms in total. The van der Waals surface area contributed by atoms with Crippen LogP contribution in [-0.2, 0) is 19.1 Å². The lowest BCUT2D eigenvalue weighted by molar-refractivity contribution is -0.301. The van der Waals surface area contributed by atoms with Crippen molar-refractivity contribution in [3.8, 4) is 0 Å². The summed E-state index contributed by atoms with van der Waals surface area (Å²) < 4.78 is 11.9. The molecule has 5 aliphatic carbocycles. The molecule has 0 radical (unpaired) electrons. The monoisotopic (exact) mass is 576 g/mol. The second kappa shape index (κ2) is 9.40. The molecule has 230 valence electrons. The van der Waals surface area contributed by atoms with E-state index < -0.39 is 48.1 Å². The van der Waals surface area contributed by atoms with Crippen molar-refractivity contribution in [1.82, 2.24) is 0 Å². The van der Waals surface area contributed by atoms with Gasteiger partial charge in [-0.05, 0) is 60.2 Å². The Balaban J connectivity index is 1.30. The third-order valence-corrected chi connectivity index (χ3v) is 13.3. The lowest BCUT2D eigenvalue weighted by Crippen LogP contribution is -2.59. The van der Waals surface area contributed by atoms with Crippen molar-refractivity contribution >= 4 is 11.6 Å². The first-order valence-electron chi connectivity index (χ1n) is 15.5. The molecule has 0 aromatic rings. The van der Waals surface area contributed by atoms with Gasteiger partial charge in [-0.3, -0.25) is 9.59 Å². The van der Waals surface area contributed by atoms with E-state index in [0.29, 0.717) is 19.3 Å². The molecule has 9 heteroatoms. The van der Waals surface area contributed by atoms with E-state index in [-0.39, 0.29) is 64.7 Å². The summed E-state index contributed by atoms with van der Waals surface area (Å²) in [5.41, 5.74) is -0.464. The van der Waals surface area contributed by atoms with E-state index in [1.165, 1.54) is 5.57 Å². The first-order valence-corrected chi connectivity index (χ1v) is 15.5. The molecule has 0 bridgehead atoms. The smallest absolute Gasteiger partial charge is 0.186 e. The van der Waals surface area contributed by atoms with E-state index in [0.717, 1.165) is 19.3 Å². The molecule has 0 aromatic heterocycles. The zero-order valence-corrected chi connectivity index (χ0v) is 25.0. The molecule has 4 saturated carbocycles. The highest BCUT2D eigenvalue weighted by Crippen LogP contribution is 2.87. The Hall–Kier alpha value is -1.20. The van der Waals surface area contributed by atoms with Gasteiger partial charge in [0.25, 0.3) is 0 Å². The minimum absolute atomic E-state index is 0.103. The number of fused-ring (bicyclic) bond motifs is 2. The highest BCUT2D eigenvalue weighted by Gasteiger charge is 2.84.